The van der Waals surface area contributed by atoms with Crippen molar-refractivity contribution in [2.24, 2.45) is 5.92 Å². The Labute approximate surface area is 146 Å². The number of nitrogens with zero attached hydrogens (tertiary/aromatic N) is 1. The number of halogens is 2. The molecule has 3 rings (SSSR count). The second-order valence-electron chi connectivity index (χ2n) is 6.59. The van der Waals surface area contributed by atoms with Crippen molar-refractivity contribution in [2.75, 3.05) is 13.1 Å². The zero-order chi connectivity index (χ0) is 17.6. The number of ether oxygens (including phenoxy) is 1. The Morgan fingerprint density at radius 1 is 1.08 bits per heavy atom. The summed E-state index contributed by atoms with van der Waals surface area (Å²) in [5.74, 6) is 0.803. The van der Waals surface area contributed by atoms with E-state index in [1.54, 1.807) is 12.1 Å². The second kappa shape index (κ2) is 8.41. The Kier molecular flexibility index (Phi) is 6.00. The molecule has 0 spiro atoms. The summed E-state index contributed by atoms with van der Waals surface area (Å²) in [6.45, 7) is 0.186. The van der Waals surface area contributed by atoms with Crippen molar-refractivity contribution in [2.45, 2.75) is 32.6 Å². The topological polar surface area (TPSA) is 32.7 Å². The summed E-state index contributed by atoms with van der Waals surface area (Å²) >= 11 is 0. The van der Waals surface area contributed by atoms with Gasteiger partial charge in [0.1, 0.15) is 5.75 Å². The molecule has 0 saturated carbocycles. The normalized spacial score (nSPS) is 18.0. The lowest BCUT2D eigenvalue weighted by Gasteiger charge is -2.16. The Hall–Kier alpha value is -1.98. The molecule has 0 radical (unpaired) electrons. The first kappa shape index (κ1) is 17.8. The van der Waals surface area contributed by atoms with Crippen LogP contribution in [0.15, 0.2) is 48.5 Å². The highest BCUT2D eigenvalue weighted by Gasteiger charge is 2.22. The summed E-state index contributed by atoms with van der Waals surface area (Å²) in [7, 11) is 0. The van der Waals surface area contributed by atoms with E-state index in [1.807, 2.05) is 24.3 Å². The Morgan fingerprint density at radius 3 is 2.56 bits per heavy atom. The minimum absolute atomic E-state index is 0.0793. The number of rotatable bonds is 7. The average molecular weight is 347 g/mol. The molecule has 1 aliphatic rings. The lowest BCUT2D eigenvalue weighted by atomic mass is 9.97. The SMILES string of the molecule is OCc1cccc(C[C@H]2CCN(Cc3ccc(OC(F)F)cc3)C2)c1. The molecule has 0 aliphatic carbocycles. The number of alkyl halides is 2. The molecule has 2 aromatic rings. The van der Waals surface area contributed by atoms with Crippen LogP contribution < -0.4 is 4.74 Å². The monoisotopic (exact) mass is 347 g/mol. The summed E-state index contributed by atoms with van der Waals surface area (Å²) in [6.07, 6.45) is 2.17. The quantitative estimate of drug-likeness (QED) is 0.826. The number of likely N-dealkylation sites (tertiary alicyclic amines) is 1. The van der Waals surface area contributed by atoms with Gasteiger partial charge in [-0.15, -0.1) is 0 Å². The minimum atomic E-state index is -2.78. The zero-order valence-electron chi connectivity index (χ0n) is 14.1. The molecule has 5 heteroatoms. The van der Waals surface area contributed by atoms with Crippen molar-refractivity contribution in [3.8, 4) is 5.75 Å². The van der Waals surface area contributed by atoms with Gasteiger partial charge in [-0.3, -0.25) is 4.90 Å². The van der Waals surface area contributed by atoms with Gasteiger partial charge in [-0.2, -0.15) is 8.78 Å². The van der Waals surface area contributed by atoms with Crippen LogP contribution in [0.2, 0.25) is 0 Å². The standard InChI is InChI=1S/C20H23F2NO2/c21-20(22)25-19-6-4-15(5-7-19)12-23-9-8-17(13-23)10-16-2-1-3-18(11-16)14-24/h1-7,11,17,20,24H,8-10,12-14H2/t17-/m1/s1. The van der Waals surface area contributed by atoms with Gasteiger partial charge in [-0.1, -0.05) is 36.4 Å². The molecule has 25 heavy (non-hydrogen) atoms. The van der Waals surface area contributed by atoms with Crippen LogP contribution in [0.5, 0.6) is 5.75 Å². The van der Waals surface area contributed by atoms with Crippen LogP contribution in [0.3, 0.4) is 0 Å². The summed E-state index contributed by atoms with van der Waals surface area (Å²) in [4.78, 5) is 2.39. The van der Waals surface area contributed by atoms with Crippen molar-refractivity contribution >= 4 is 0 Å². The molecule has 0 bridgehead atoms. The van der Waals surface area contributed by atoms with Gasteiger partial charge in [0.25, 0.3) is 0 Å². The van der Waals surface area contributed by atoms with Gasteiger partial charge in [-0.05, 0) is 54.1 Å². The van der Waals surface area contributed by atoms with Gasteiger partial charge in [0.05, 0.1) is 6.61 Å². The highest BCUT2D eigenvalue weighted by Crippen LogP contribution is 2.24. The molecule has 1 heterocycles. The van der Waals surface area contributed by atoms with Crippen LogP contribution in [-0.4, -0.2) is 29.7 Å². The van der Waals surface area contributed by atoms with E-state index >= 15 is 0 Å². The van der Waals surface area contributed by atoms with E-state index in [1.165, 1.54) is 5.56 Å². The van der Waals surface area contributed by atoms with Crippen molar-refractivity contribution in [1.82, 2.24) is 4.90 Å². The van der Waals surface area contributed by atoms with Crippen LogP contribution in [0, 0.1) is 5.92 Å². The first-order valence-electron chi connectivity index (χ1n) is 8.57. The van der Waals surface area contributed by atoms with Crippen molar-refractivity contribution in [3.05, 3.63) is 65.2 Å². The van der Waals surface area contributed by atoms with Gasteiger partial charge >= 0.3 is 6.61 Å². The fraction of sp³-hybridized carbons (Fsp3) is 0.400. The minimum Gasteiger partial charge on any atom is -0.435 e. The van der Waals surface area contributed by atoms with Crippen LogP contribution >= 0.6 is 0 Å². The number of aliphatic hydroxyl groups excluding tert-OH is 1. The Morgan fingerprint density at radius 2 is 1.84 bits per heavy atom. The molecule has 0 aromatic heterocycles. The number of hydrogen-bond donors (Lipinski definition) is 1. The molecule has 0 amide bonds. The lowest BCUT2D eigenvalue weighted by molar-refractivity contribution is -0.0498. The highest BCUT2D eigenvalue weighted by molar-refractivity contribution is 5.27. The van der Waals surface area contributed by atoms with E-state index < -0.39 is 6.61 Å². The van der Waals surface area contributed by atoms with E-state index in [2.05, 4.69) is 21.8 Å². The largest absolute Gasteiger partial charge is 0.435 e. The highest BCUT2D eigenvalue weighted by atomic mass is 19.3. The number of benzene rings is 2. The van der Waals surface area contributed by atoms with Crippen molar-refractivity contribution in [3.63, 3.8) is 0 Å². The molecule has 1 saturated heterocycles. The molecule has 1 atom stereocenters. The lowest BCUT2D eigenvalue weighted by Crippen LogP contribution is -2.20. The van der Waals surface area contributed by atoms with E-state index in [0.717, 1.165) is 43.6 Å². The Bertz CT molecular complexity index is 676. The predicted molar refractivity (Wildman–Crippen MR) is 92.5 cm³/mol. The fourth-order valence-electron chi connectivity index (χ4n) is 3.45. The van der Waals surface area contributed by atoms with E-state index in [4.69, 9.17) is 0 Å². The average Bonchev–Trinajstić information content (AvgIpc) is 3.03. The van der Waals surface area contributed by atoms with Crippen LogP contribution in [0.4, 0.5) is 8.78 Å². The molecule has 1 aliphatic heterocycles. The molecular weight excluding hydrogens is 324 g/mol. The van der Waals surface area contributed by atoms with Crippen LogP contribution in [0.25, 0.3) is 0 Å². The maximum Gasteiger partial charge on any atom is 0.387 e. The fourth-order valence-corrected chi connectivity index (χ4v) is 3.45. The third kappa shape index (κ3) is 5.25. The summed E-state index contributed by atoms with van der Waals surface area (Å²) in [6, 6.07) is 15.0. The first-order valence-corrected chi connectivity index (χ1v) is 8.57. The maximum atomic E-state index is 12.2. The third-order valence-electron chi connectivity index (χ3n) is 4.62. The summed E-state index contributed by atoms with van der Waals surface area (Å²) in [5.41, 5.74) is 3.33. The smallest absolute Gasteiger partial charge is 0.387 e. The van der Waals surface area contributed by atoms with Gasteiger partial charge in [0.2, 0.25) is 0 Å². The predicted octanol–water partition coefficient (Wildman–Crippen LogP) is 3.84. The molecule has 0 unspecified atom stereocenters. The summed E-state index contributed by atoms with van der Waals surface area (Å²) < 4.78 is 28.7. The number of hydrogen-bond acceptors (Lipinski definition) is 3. The van der Waals surface area contributed by atoms with E-state index in [-0.39, 0.29) is 12.4 Å². The Balaban J connectivity index is 1.50. The molecule has 3 nitrogen and oxygen atoms in total. The van der Waals surface area contributed by atoms with Gasteiger partial charge in [0, 0.05) is 13.1 Å². The van der Waals surface area contributed by atoms with Crippen molar-refractivity contribution < 1.29 is 18.6 Å². The van der Waals surface area contributed by atoms with Gasteiger partial charge < -0.3 is 9.84 Å². The second-order valence-corrected chi connectivity index (χ2v) is 6.59. The van der Waals surface area contributed by atoms with Crippen molar-refractivity contribution in [1.29, 1.82) is 0 Å². The van der Waals surface area contributed by atoms with Crippen LogP contribution in [0.1, 0.15) is 23.1 Å². The van der Waals surface area contributed by atoms with E-state index in [0.29, 0.717) is 5.92 Å². The molecule has 2 aromatic carbocycles. The molecular formula is C20H23F2NO2. The summed E-state index contributed by atoms with van der Waals surface area (Å²) in [5, 5.41) is 9.24. The molecule has 134 valence electrons. The van der Waals surface area contributed by atoms with Gasteiger partial charge in [-0.25, -0.2) is 0 Å². The maximum absolute atomic E-state index is 12.2. The molecule has 1 fully saturated rings. The van der Waals surface area contributed by atoms with Crippen LogP contribution in [-0.2, 0) is 19.6 Å². The zero-order valence-corrected chi connectivity index (χ0v) is 14.1. The third-order valence-corrected chi connectivity index (χ3v) is 4.62. The van der Waals surface area contributed by atoms with E-state index in [9.17, 15) is 13.9 Å². The molecule has 1 N–H and O–H groups in total. The first-order chi connectivity index (χ1) is 12.1. The van der Waals surface area contributed by atoms with Gasteiger partial charge in [0.15, 0.2) is 0 Å². The number of aliphatic hydroxyl groups is 1.